The summed E-state index contributed by atoms with van der Waals surface area (Å²) in [6.07, 6.45) is 7.37. The van der Waals surface area contributed by atoms with E-state index in [1.54, 1.807) is 0 Å². The number of hydrogen-bond acceptors (Lipinski definition) is 2. The fourth-order valence-corrected chi connectivity index (χ4v) is 4.89. The first-order chi connectivity index (χ1) is 15.5. The van der Waals surface area contributed by atoms with Gasteiger partial charge in [0.05, 0.1) is 6.42 Å². The number of carbonyl (C=O) groups is 2. The summed E-state index contributed by atoms with van der Waals surface area (Å²) in [5, 5.41) is 3.25. The number of nitrogens with zero attached hydrogens (tertiary/aromatic N) is 1. The van der Waals surface area contributed by atoms with Crippen molar-refractivity contribution in [1.82, 2.24) is 10.2 Å². The van der Waals surface area contributed by atoms with Gasteiger partial charge in [0.2, 0.25) is 11.8 Å². The third-order valence-electron chi connectivity index (χ3n) is 6.46. The van der Waals surface area contributed by atoms with Crippen LogP contribution in [0.15, 0.2) is 48.5 Å². The van der Waals surface area contributed by atoms with Crippen LogP contribution in [0.2, 0.25) is 0 Å². The highest BCUT2D eigenvalue weighted by atomic mass is 16.2. The molecule has 0 aromatic heterocycles. The van der Waals surface area contributed by atoms with Crippen molar-refractivity contribution < 1.29 is 9.59 Å². The van der Waals surface area contributed by atoms with Gasteiger partial charge in [-0.1, -0.05) is 85.8 Å². The van der Waals surface area contributed by atoms with Crippen LogP contribution in [0, 0.1) is 13.8 Å². The molecule has 1 aliphatic rings. The first-order valence-corrected chi connectivity index (χ1v) is 12.2. The molecule has 2 aromatic rings. The van der Waals surface area contributed by atoms with Gasteiger partial charge in [0.15, 0.2) is 0 Å². The van der Waals surface area contributed by atoms with E-state index in [9.17, 15) is 9.59 Å². The SMILES string of the molecule is CCC(C(=O)NC1CCCCC1)N(CCc1ccccc1)C(=O)Cc1cc(C)cc(C)c1. The Balaban J connectivity index is 1.76. The van der Waals surface area contributed by atoms with Gasteiger partial charge in [-0.25, -0.2) is 0 Å². The number of carbonyl (C=O) groups excluding carboxylic acids is 2. The number of rotatable bonds is 9. The molecule has 2 amide bonds. The third-order valence-corrected chi connectivity index (χ3v) is 6.46. The van der Waals surface area contributed by atoms with Crippen LogP contribution in [-0.4, -0.2) is 35.3 Å². The molecule has 0 bridgehead atoms. The molecule has 0 saturated heterocycles. The van der Waals surface area contributed by atoms with E-state index in [1.165, 1.54) is 24.8 Å². The van der Waals surface area contributed by atoms with Gasteiger partial charge in [0, 0.05) is 12.6 Å². The van der Waals surface area contributed by atoms with E-state index >= 15 is 0 Å². The van der Waals surface area contributed by atoms with Gasteiger partial charge in [-0.2, -0.15) is 0 Å². The Morgan fingerprint density at radius 1 is 0.969 bits per heavy atom. The molecule has 1 N–H and O–H groups in total. The number of nitrogens with one attached hydrogen (secondary N) is 1. The van der Waals surface area contributed by atoms with Gasteiger partial charge in [-0.15, -0.1) is 0 Å². The minimum atomic E-state index is -0.431. The third kappa shape index (κ3) is 6.94. The molecular weight excluding hydrogens is 396 g/mol. The van der Waals surface area contributed by atoms with Crippen LogP contribution in [0.3, 0.4) is 0 Å². The Kier molecular flexibility index (Phi) is 8.90. The topological polar surface area (TPSA) is 49.4 Å². The zero-order valence-electron chi connectivity index (χ0n) is 19.9. The molecule has 0 radical (unpaired) electrons. The second-order valence-electron chi connectivity index (χ2n) is 9.26. The maximum Gasteiger partial charge on any atom is 0.243 e. The maximum absolute atomic E-state index is 13.5. The summed E-state index contributed by atoms with van der Waals surface area (Å²) in [5.41, 5.74) is 4.51. The predicted octanol–water partition coefficient (Wildman–Crippen LogP) is 5.14. The second kappa shape index (κ2) is 11.8. The lowest BCUT2D eigenvalue weighted by Crippen LogP contribution is -2.52. The largest absolute Gasteiger partial charge is 0.352 e. The normalized spacial score (nSPS) is 15.2. The van der Waals surface area contributed by atoms with Crippen LogP contribution in [0.5, 0.6) is 0 Å². The van der Waals surface area contributed by atoms with Crippen molar-refractivity contribution in [3.8, 4) is 0 Å². The smallest absolute Gasteiger partial charge is 0.243 e. The Labute approximate surface area is 193 Å². The highest BCUT2D eigenvalue weighted by Gasteiger charge is 2.30. The number of amides is 2. The molecule has 172 valence electrons. The van der Waals surface area contributed by atoms with Crippen molar-refractivity contribution in [3.05, 3.63) is 70.8 Å². The summed E-state index contributed by atoms with van der Waals surface area (Å²) in [6, 6.07) is 16.3. The molecule has 1 fully saturated rings. The first kappa shape index (κ1) is 24.0. The van der Waals surface area contributed by atoms with Gasteiger partial charge in [0.25, 0.3) is 0 Å². The van der Waals surface area contributed by atoms with E-state index in [-0.39, 0.29) is 17.9 Å². The maximum atomic E-state index is 13.5. The predicted molar refractivity (Wildman–Crippen MR) is 131 cm³/mol. The highest BCUT2D eigenvalue weighted by molar-refractivity contribution is 5.88. The summed E-state index contributed by atoms with van der Waals surface area (Å²) in [4.78, 5) is 28.6. The zero-order chi connectivity index (χ0) is 22.9. The van der Waals surface area contributed by atoms with E-state index in [0.717, 1.165) is 36.0 Å². The molecule has 4 nitrogen and oxygen atoms in total. The monoisotopic (exact) mass is 434 g/mol. The fourth-order valence-electron chi connectivity index (χ4n) is 4.89. The summed E-state index contributed by atoms with van der Waals surface area (Å²) in [5.74, 6) is 0.0257. The van der Waals surface area contributed by atoms with Crippen molar-refractivity contribution in [2.24, 2.45) is 0 Å². The summed E-state index contributed by atoms with van der Waals surface area (Å²) in [6.45, 7) is 6.66. The average molecular weight is 435 g/mol. The molecule has 3 rings (SSSR count). The van der Waals surface area contributed by atoms with Crippen LogP contribution in [-0.2, 0) is 22.4 Å². The van der Waals surface area contributed by atoms with Gasteiger partial charge in [0.1, 0.15) is 6.04 Å². The molecule has 1 saturated carbocycles. The van der Waals surface area contributed by atoms with E-state index in [4.69, 9.17) is 0 Å². The van der Waals surface area contributed by atoms with Crippen LogP contribution < -0.4 is 5.32 Å². The van der Waals surface area contributed by atoms with Crippen molar-refractivity contribution in [2.45, 2.75) is 84.2 Å². The lowest BCUT2D eigenvalue weighted by molar-refractivity contribution is -0.140. The molecule has 2 aromatic carbocycles. The van der Waals surface area contributed by atoms with Crippen molar-refractivity contribution in [3.63, 3.8) is 0 Å². The molecule has 0 heterocycles. The van der Waals surface area contributed by atoms with E-state index < -0.39 is 6.04 Å². The van der Waals surface area contributed by atoms with Crippen LogP contribution in [0.1, 0.15) is 67.7 Å². The van der Waals surface area contributed by atoms with Crippen LogP contribution in [0.25, 0.3) is 0 Å². The molecule has 0 spiro atoms. The molecule has 1 aliphatic carbocycles. The van der Waals surface area contributed by atoms with Gasteiger partial charge in [-0.3, -0.25) is 9.59 Å². The molecule has 0 aliphatic heterocycles. The van der Waals surface area contributed by atoms with Gasteiger partial charge < -0.3 is 10.2 Å². The summed E-state index contributed by atoms with van der Waals surface area (Å²) >= 11 is 0. The Morgan fingerprint density at radius 2 is 1.62 bits per heavy atom. The van der Waals surface area contributed by atoms with Gasteiger partial charge >= 0.3 is 0 Å². The standard InChI is InChI=1S/C28H38N2O2/c1-4-26(28(32)29-25-13-9-6-10-14-25)30(16-15-23-11-7-5-8-12-23)27(31)20-24-18-21(2)17-22(3)19-24/h5,7-8,11-12,17-19,25-26H,4,6,9-10,13-16,20H2,1-3H3,(H,29,32). The summed E-state index contributed by atoms with van der Waals surface area (Å²) < 4.78 is 0. The molecule has 1 unspecified atom stereocenters. The second-order valence-corrected chi connectivity index (χ2v) is 9.26. The fraction of sp³-hybridized carbons (Fsp3) is 0.500. The lowest BCUT2D eigenvalue weighted by atomic mass is 9.95. The highest BCUT2D eigenvalue weighted by Crippen LogP contribution is 2.19. The minimum Gasteiger partial charge on any atom is -0.352 e. The molecule has 32 heavy (non-hydrogen) atoms. The molecule has 4 heteroatoms. The Bertz CT molecular complexity index is 867. The van der Waals surface area contributed by atoms with Crippen LogP contribution >= 0.6 is 0 Å². The van der Waals surface area contributed by atoms with Gasteiger partial charge in [-0.05, 0) is 50.7 Å². The first-order valence-electron chi connectivity index (χ1n) is 12.2. The van der Waals surface area contributed by atoms with E-state index in [0.29, 0.717) is 19.4 Å². The van der Waals surface area contributed by atoms with Crippen molar-refractivity contribution >= 4 is 11.8 Å². The lowest BCUT2D eigenvalue weighted by Gasteiger charge is -2.33. The molecular formula is C28H38N2O2. The summed E-state index contributed by atoms with van der Waals surface area (Å²) in [7, 11) is 0. The average Bonchev–Trinajstić information content (AvgIpc) is 2.77. The van der Waals surface area contributed by atoms with Crippen molar-refractivity contribution in [2.75, 3.05) is 6.54 Å². The minimum absolute atomic E-state index is 0.00114. The Morgan fingerprint density at radius 3 is 2.25 bits per heavy atom. The number of hydrogen-bond donors (Lipinski definition) is 1. The Hall–Kier alpha value is -2.62. The number of benzene rings is 2. The molecule has 1 atom stereocenters. The van der Waals surface area contributed by atoms with E-state index in [1.807, 2.05) is 30.0 Å². The zero-order valence-corrected chi connectivity index (χ0v) is 19.9. The van der Waals surface area contributed by atoms with Crippen molar-refractivity contribution in [1.29, 1.82) is 0 Å². The quantitative estimate of drug-likeness (QED) is 0.594. The number of aryl methyl sites for hydroxylation is 2. The van der Waals surface area contributed by atoms with E-state index in [2.05, 4.69) is 49.5 Å². The van der Waals surface area contributed by atoms with Crippen LogP contribution in [0.4, 0.5) is 0 Å².